The third kappa shape index (κ3) is 3.06. The first-order valence-corrected chi connectivity index (χ1v) is 6.50. The summed E-state index contributed by atoms with van der Waals surface area (Å²) in [5.74, 6) is 1.77. The van der Waals surface area contributed by atoms with E-state index in [1.54, 1.807) is 7.11 Å². The van der Waals surface area contributed by atoms with Crippen LogP contribution in [-0.4, -0.2) is 13.2 Å². The van der Waals surface area contributed by atoms with Crippen molar-refractivity contribution in [3.05, 3.63) is 35.9 Å². The first-order valence-electron chi connectivity index (χ1n) is 6.50. The summed E-state index contributed by atoms with van der Waals surface area (Å²) in [5, 5.41) is 0. The highest BCUT2D eigenvalue weighted by Gasteiger charge is 2.26. The van der Waals surface area contributed by atoms with Gasteiger partial charge in [-0.1, -0.05) is 19.9 Å². The highest BCUT2D eigenvalue weighted by molar-refractivity contribution is 5.32. The van der Waals surface area contributed by atoms with Crippen molar-refractivity contribution in [1.82, 2.24) is 0 Å². The Morgan fingerprint density at radius 1 is 1.11 bits per heavy atom. The number of hydrogen-bond acceptors (Lipinski definition) is 2. The van der Waals surface area contributed by atoms with E-state index in [-0.39, 0.29) is 6.10 Å². The van der Waals surface area contributed by atoms with Gasteiger partial charge in [0.2, 0.25) is 0 Å². The minimum Gasteiger partial charge on any atom is -0.497 e. The first kappa shape index (κ1) is 13.0. The Hall–Kier alpha value is -1.44. The van der Waals surface area contributed by atoms with Gasteiger partial charge in [0.25, 0.3) is 0 Å². The molecule has 0 saturated carbocycles. The third-order valence-corrected chi connectivity index (χ3v) is 3.51. The normalized spacial score (nSPS) is 22.2. The Labute approximate surface area is 110 Å². The first-order chi connectivity index (χ1) is 8.50. The molecule has 0 aromatic heterocycles. The lowest BCUT2D eigenvalue weighted by Gasteiger charge is -2.32. The molecule has 0 heterocycles. The van der Waals surface area contributed by atoms with Gasteiger partial charge in [0.15, 0.2) is 0 Å². The molecule has 0 radical (unpaired) electrons. The average molecular weight is 246 g/mol. The van der Waals surface area contributed by atoms with Crippen LogP contribution in [-0.2, 0) is 0 Å². The second kappa shape index (κ2) is 5.05. The van der Waals surface area contributed by atoms with E-state index in [4.69, 9.17) is 9.47 Å². The molecular weight excluding hydrogens is 224 g/mol. The molecule has 0 saturated heterocycles. The molecule has 0 spiro atoms. The summed E-state index contributed by atoms with van der Waals surface area (Å²) in [6, 6.07) is 7.79. The quantitative estimate of drug-likeness (QED) is 0.744. The SMILES string of the molecule is COc1ccc(OC2CCC(C)(C)C=C2C)cc1. The molecule has 1 atom stereocenters. The Bertz CT molecular complexity index is 429. The van der Waals surface area contributed by atoms with E-state index in [9.17, 15) is 0 Å². The lowest BCUT2D eigenvalue weighted by atomic mass is 9.79. The van der Waals surface area contributed by atoms with E-state index in [1.807, 2.05) is 24.3 Å². The Morgan fingerprint density at radius 3 is 2.28 bits per heavy atom. The zero-order valence-corrected chi connectivity index (χ0v) is 11.7. The number of hydrogen-bond donors (Lipinski definition) is 0. The predicted octanol–water partition coefficient (Wildman–Crippen LogP) is 4.21. The molecule has 0 fully saturated rings. The van der Waals surface area contributed by atoms with Crippen molar-refractivity contribution < 1.29 is 9.47 Å². The molecule has 98 valence electrons. The van der Waals surface area contributed by atoms with Crippen LogP contribution in [0.1, 0.15) is 33.6 Å². The van der Waals surface area contributed by atoms with Crippen LogP contribution in [0.4, 0.5) is 0 Å². The topological polar surface area (TPSA) is 18.5 Å². The highest BCUT2D eigenvalue weighted by Crippen LogP contribution is 2.35. The van der Waals surface area contributed by atoms with Gasteiger partial charge in [-0.15, -0.1) is 0 Å². The van der Waals surface area contributed by atoms with Gasteiger partial charge in [-0.25, -0.2) is 0 Å². The summed E-state index contributed by atoms with van der Waals surface area (Å²) in [5.41, 5.74) is 1.64. The van der Waals surface area contributed by atoms with Crippen molar-refractivity contribution in [2.45, 2.75) is 39.7 Å². The number of allylic oxidation sites excluding steroid dienone is 1. The van der Waals surface area contributed by atoms with Crippen LogP contribution in [0.25, 0.3) is 0 Å². The predicted molar refractivity (Wildman–Crippen MR) is 74.2 cm³/mol. The number of rotatable bonds is 3. The van der Waals surface area contributed by atoms with Crippen LogP contribution in [0, 0.1) is 5.41 Å². The molecule has 0 bridgehead atoms. The maximum absolute atomic E-state index is 6.04. The fourth-order valence-corrected chi connectivity index (χ4v) is 2.48. The summed E-state index contributed by atoms with van der Waals surface area (Å²) in [7, 11) is 1.67. The maximum atomic E-state index is 6.04. The molecule has 0 amide bonds. The van der Waals surface area contributed by atoms with Crippen LogP contribution < -0.4 is 9.47 Å². The van der Waals surface area contributed by atoms with E-state index in [0.717, 1.165) is 17.9 Å². The average Bonchev–Trinajstić information content (AvgIpc) is 2.33. The summed E-state index contributed by atoms with van der Waals surface area (Å²) < 4.78 is 11.2. The zero-order valence-electron chi connectivity index (χ0n) is 11.7. The standard InChI is InChI=1S/C16H22O2/c1-12-11-16(2,3)10-9-15(12)18-14-7-5-13(17-4)6-8-14/h5-8,11,15H,9-10H2,1-4H3. The lowest BCUT2D eigenvalue weighted by molar-refractivity contribution is 0.190. The molecule has 0 N–H and O–H groups in total. The van der Waals surface area contributed by atoms with Gasteiger partial charge in [-0.3, -0.25) is 0 Å². The summed E-state index contributed by atoms with van der Waals surface area (Å²) in [4.78, 5) is 0. The minimum atomic E-state index is 0.214. The van der Waals surface area contributed by atoms with Gasteiger partial charge in [-0.05, 0) is 55.0 Å². The van der Waals surface area contributed by atoms with Crippen molar-refractivity contribution in [2.24, 2.45) is 5.41 Å². The van der Waals surface area contributed by atoms with Crippen molar-refractivity contribution >= 4 is 0 Å². The van der Waals surface area contributed by atoms with Gasteiger partial charge in [0.1, 0.15) is 17.6 Å². The van der Waals surface area contributed by atoms with Gasteiger partial charge in [0.05, 0.1) is 7.11 Å². The smallest absolute Gasteiger partial charge is 0.120 e. The monoisotopic (exact) mass is 246 g/mol. The summed E-state index contributed by atoms with van der Waals surface area (Å²) in [6.07, 6.45) is 4.81. The van der Waals surface area contributed by atoms with Crippen molar-refractivity contribution in [3.63, 3.8) is 0 Å². The van der Waals surface area contributed by atoms with Gasteiger partial charge < -0.3 is 9.47 Å². The van der Waals surface area contributed by atoms with Gasteiger partial charge in [0, 0.05) is 0 Å². The number of benzene rings is 1. The molecule has 2 nitrogen and oxygen atoms in total. The maximum Gasteiger partial charge on any atom is 0.120 e. The van der Waals surface area contributed by atoms with E-state index in [0.29, 0.717) is 5.41 Å². The van der Waals surface area contributed by atoms with Crippen molar-refractivity contribution in [3.8, 4) is 11.5 Å². The minimum absolute atomic E-state index is 0.214. The second-order valence-corrected chi connectivity index (χ2v) is 5.70. The van der Waals surface area contributed by atoms with Gasteiger partial charge >= 0.3 is 0 Å². The molecule has 2 rings (SSSR count). The fraction of sp³-hybridized carbons (Fsp3) is 0.500. The second-order valence-electron chi connectivity index (χ2n) is 5.70. The van der Waals surface area contributed by atoms with E-state index >= 15 is 0 Å². The van der Waals surface area contributed by atoms with Crippen molar-refractivity contribution in [1.29, 1.82) is 0 Å². The highest BCUT2D eigenvalue weighted by atomic mass is 16.5. The summed E-state index contributed by atoms with van der Waals surface area (Å²) >= 11 is 0. The molecular formula is C16H22O2. The molecule has 1 unspecified atom stereocenters. The van der Waals surface area contributed by atoms with E-state index < -0.39 is 0 Å². The zero-order chi connectivity index (χ0) is 13.2. The van der Waals surface area contributed by atoms with Crippen LogP contribution in [0.5, 0.6) is 11.5 Å². The molecule has 0 aliphatic heterocycles. The summed E-state index contributed by atoms with van der Waals surface area (Å²) in [6.45, 7) is 6.72. The third-order valence-electron chi connectivity index (χ3n) is 3.51. The fourth-order valence-electron chi connectivity index (χ4n) is 2.48. The Morgan fingerprint density at radius 2 is 1.72 bits per heavy atom. The largest absolute Gasteiger partial charge is 0.497 e. The molecule has 1 aliphatic carbocycles. The van der Waals surface area contributed by atoms with Crippen molar-refractivity contribution in [2.75, 3.05) is 7.11 Å². The molecule has 1 aromatic rings. The van der Waals surface area contributed by atoms with Crippen LogP contribution >= 0.6 is 0 Å². The molecule has 18 heavy (non-hydrogen) atoms. The molecule has 2 heteroatoms. The number of methoxy groups -OCH3 is 1. The van der Waals surface area contributed by atoms with Crippen LogP contribution in [0.3, 0.4) is 0 Å². The molecule has 1 aromatic carbocycles. The van der Waals surface area contributed by atoms with E-state index in [1.165, 1.54) is 12.0 Å². The molecule has 1 aliphatic rings. The number of ether oxygens (including phenoxy) is 2. The van der Waals surface area contributed by atoms with Crippen LogP contribution in [0.2, 0.25) is 0 Å². The van der Waals surface area contributed by atoms with Crippen LogP contribution in [0.15, 0.2) is 35.9 Å². The Balaban J connectivity index is 2.05. The lowest BCUT2D eigenvalue weighted by Crippen LogP contribution is -2.27. The van der Waals surface area contributed by atoms with Gasteiger partial charge in [-0.2, -0.15) is 0 Å². The van der Waals surface area contributed by atoms with E-state index in [2.05, 4.69) is 26.8 Å². The Kier molecular flexibility index (Phi) is 3.65.